The van der Waals surface area contributed by atoms with Gasteiger partial charge in [0.05, 0.1) is 0 Å². The van der Waals surface area contributed by atoms with Crippen LogP contribution in [0.5, 0.6) is 0 Å². The van der Waals surface area contributed by atoms with E-state index in [1.165, 1.54) is 30.5 Å². The number of anilines is 2. The van der Waals surface area contributed by atoms with Gasteiger partial charge in [-0.05, 0) is 56.4 Å². The normalized spacial score (nSPS) is 22.6. The lowest BCUT2D eigenvalue weighted by molar-refractivity contribution is -0.124. The molecular weight excluding hydrogens is 396 g/mol. The number of carbonyl (C=O) groups excluding carboxylic acids is 1. The van der Waals surface area contributed by atoms with Crippen LogP contribution in [0.4, 0.5) is 11.5 Å². The molecule has 1 saturated heterocycles. The number of amides is 1. The molecule has 1 atom stereocenters. The van der Waals surface area contributed by atoms with Gasteiger partial charge in [-0.3, -0.25) is 9.69 Å². The molecule has 1 aromatic heterocycles. The Kier molecular flexibility index (Phi) is 6.44. The molecule has 5 nitrogen and oxygen atoms in total. The molecule has 0 radical (unpaired) electrons. The number of nitrogens with zero attached hydrogens (tertiary/aromatic N) is 4. The SMILES string of the molecule is Cc1cccc(N2CCN(CC3CCc4ccccc4N3C(=O)C3CCCCC3)CC2)n1. The fourth-order valence-electron chi connectivity index (χ4n) is 5.79. The van der Waals surface area contributed by atoms with Crippen molar-refractivity contribution in [2.45, 2.75) is 57.9 Å². The first kappa shape index (κ1) is 21.4. The quantitative estimate of drug-likeness (QED) is 0.716. The first-order valence-electron chi connectivity index (χ1n) is 12.5. The summed E-state index contributed by atoms with van der Waals surface area (Å²) in [5, 5.41) is 0. The first-order valence-corrected chi connectivity index (χ1v) is 12.5. The van der Waals surface area contributed by atoms with E-state index in [0.717, 1.165) is 69.9 Å². The van der Waals surface area contributed by atoms with E-state index in [9.17, 15) is 4.79 Å². The molecule has 3 aliphatic rings. The molecule has 0 spiro atoms. The van der Waals surface area contributed by atoms with Crippen LogP contribution in [-0.4, -0.2) is 54.6 Å². The predicted octanol–water partition coefficient (Wildman–Crippen LogP) is 4.44. The van der Waals surface area contributed by atoms with Gasteiger partial charge in [-0.15, -0.1) is 0 Å². The maximum atomic E-state index is 13.7. The van der Waals surface area contributed by atoms with Crippen LogP contribution in [0, 0.1) is 12.8 Å². The monoisotopic (exact) mass is 432 g/mol. The second-order valence-electron chi connectivity index (χ2n) is 9.79. The average Bonchev–Trinajstić information content (AvgIpc) is 2.84. The highest BCUT2D eigenvalue weighted by Crippen LogP contribution is 2.35. The summed E-state index contributed by atoms with van der Waals surface area (Å²) >= 11 is 0. The van der Waals surface area contributed by atoms with Crippen molar-refractivity contribution in [3.63, 3.8) is 0 Å². The number of hydrogen-bond donors (Lipinski definition) is 0. The molecule has 5 rings (SSSR count). The molecule has 2 fully saturated rings. The van der Waals surface area contributed by atoms with Crippen molar-refractivity contribution in [1.82, 2.24) is 9.88 Å². The van der Waals surface area contributed by atoms with Gasteiger partial charge in [-0.2, -0.15) is 0 Å². The van der Waals surface area contributed by atoms with Gasteiger partial charge in [-0.25, -0.2) is 4.98 Å². The highest BCUT2D eigenvalue weighted by Gasteiger charge is 2.36. The van der Waals surface area contributed by atoms with E-state index >= 15 is 0 Å². The van der Waals surface area contributed by atoms with E-state index < -0.39 is 0 Å². The van der Waals surface area contributed by atoms with Crippen LogP contribution in [0.15, 0.2) is 42.5 Å². The molecule has 1 amide bonds. The minimum Gasteiger partial charge on any atom is -0.354 e. The van der Waals surface area contributed by atoms with Crippen molar-refractivity contribution in [2.75, 3.05) is 42.5 Å². The van der Waals surface area contributed by atoms with Gasteiger partial charge in [-0.1, -0.05) is 43.5 Å². The van der Waals surface area contributed by atoms with Gasteiger partial charge in [0, 0.05) is 56.1 Å². The topological polar surface area (TPSA) is 39.7 Å². The van der Waals surface area contributed by atoms with Crippen LogP contribution in [-0.2, 0) is 11.2 Å². The molecule has 1 aromatic carbocycles. The number of rotatable bonds is 4. The van der Waals surface area contributed by atoms with Crippen LogP contribution < -0.4 is 9.80 Å². The van der Waals surface area contributed by atoms with Crippen LogP contribution in [0.3, 0.4) is 0 Å². The fraction of sp³-hybridized carbons (Fsp3) is 0.556. The van der Waals surface area contributed by atoms with Crippen molar-refractivity contribution < 1.29 is 4.79 Å². The molecule has 5 heteroatoms. The molecular formula is C27H36N4O. The number of carbonyl (C=O) groups is 1. The van der Waals surface area contributed by atoms with E-state index in [4.69, 9.17) is 4.98 Å². The van der Waals surface area contributed by atoms with Gasteiger partial charge >= 0.3 is 0 Å². The summed E-state index contributed by atoms with van der Waals surface area (Å²) in [7, 11) is 0. The number of fused-ring (bicyclic) bond motifs is 1. The number of piperazine rings is 1. The second kappa shape index (κ2) is 9.62. The maximum absolute atomic E-state index is 13.7. The Labute approximate surface area is 192 Å². The van der Waals surface area contributed by atoms with Gasteiger partial charge in [0.2, 0.25) is 5.91 Å². The van der Waals surface area contributed by atoms with Crippen molar-refractivity contribution in [3.05, 3.63) is 53.7 Å². The van der Waals surface area contributed by atoms with Crippen LogP contribution >= 0.6 is 0 Å². The Bertz CT molecular complexity index is 931. The summed E-state index contributed by atoms with van der Waals surface area (Å²) < 4.78 is 0. The minimum absolute atomic E-state index is 0.210. The Hall–Kier alpha value is -2.40. The third-order valence-corrected chi connectivity index (χ3v) is 7.59. The van der Waals surface area contributed by atoms with Gasteiger partial charge in [0.15, 0.2) is 0 Å². The molecule has 170 valence electrons. The van der Waals surface area contributed by atoms with E-state index in [1.54, 1.807) is 0 Å². The lowest BCUT2D eigenvalue weighted by Gasteiger charge is -2.43. The van der Waals surface area contributed by atoms with Crippen molar-refractivity contribution in [3.8, 4) is 0 Å². The van der Waals surface area contributed by atoms with Crippen molar-refractivity contribution in [2.24, 2.45) is 5.92 Å². The largest absolute Gasteiger partial charge is 0.354 e. The summed E-state index contributed by atoms with van der Waals surface area (Å²) in [5.41, 5.74) is 3.58. The van der Waals surface area contributed by atoms with Gasteiger partial charge < -0.3 is 9.80 Å². The highest BCUT2D eigenvalue weighted by atomic mass is 16.2. The molecule has 3 heterocycles. The highest BCUT2D eigenvalue weighted by molar-refractivity contribution is 5.97. The lowest BCUT2D eigenvalue weighted by Crippen LogP contribution is -2.55. The summed E-state index contributed by atoms with van der Waals surface area (Å²) in [5.74, 6) is 1.68. The molecule has 1 aliphatic carbocycles. The van der Waals surface area contributed by atoms with Gasteiger partial charge in [0.1, 0.15) is 5.82 Å². The number of pyridine rings is 1. The van der Waals surface area contributed by atoms with Crippen LogP contribution in [0.1, 0.15) is 49.8 Å². The minimum atomic E-state index is 0.210. The van der Waals surface area contributed by atoms with Crippen molar-refractivity contribution in [1.29, 1.82) is 0 Å². The van der Waals surface area contributed by atoms with E-state index in [2.05, 4.69) is 64.1 Å². The third kappa shape index (κ3) is 4.54. The standard InChI is InChI=1S/C27H36N4O/c1-21-8-7-13-26(28-21)30-18-16-29(17-19-30)20-24-15-14-22-9-5-6-12-25(22)31(24)27(32)23-10-3-2-4-11-23/h5-9,12-13,23-24H,2-4,10-11,14-20H2,1H3. The Morgan fingerprint density at radius 1 is 0.938 bits per heavy atom. The Morgan fingerprint density at radius 2 is 1.72 bits per heavy atom. The van der Waals surface area contributed by atoms with Crippen LogP contribution in [0.25, 0.3) is 0 Å². The molecule has 0 N–H and O–H groups in total. The maximum Gasteiger partial charge on any atom is 0.230 e. The zero-order valence-corrected chi connectivity index (χ0v) is 19.4. The van der Waals surface area contributed by atoms with Crippen molar-refractivity contribution >= 4 is 17.4 Å². The summed E-state index contributed by atoms with van der Waals surface area (Å²) in [4.78, 5) is 25.6. The molecule has 32 heavy (non-hydrogen) atoms. The Balaban J connectivity index is 1.28. The number of aryl methyl sites for hydroxylation is 2. The molecule has 1 unspecified atom stereocenters. The lowest BCUT2D eigenvalue weighted by atomic mass is 9.86. The molecule has 0 bridgehead atoms. The summed E-state index contributed by atoms with van der Waals surface area (Å²) in [6.07, 6.45) is 7.94. The average molecular weight is 433 g/mol. The van der Waals surface area contributed by atoms with E-state index in [0.29, 0.717) is 5.91 Å². The van der Waals surface area contributed by atoms with Gasteiger partial charge in [0.25, 0.3) is 0 Å². The number of aromatic nitrogens is 1. The van der Waals surface area contributed by atoms with Crippen LogP contribution in [0.2, 0.25) is 0 Å². The Morgan fingerprint density at radius 3 is 2.50 bits per heavy atom. The molecule has 1 saturated carbocycles. The number of hydrogen-bond acceptors (Lipinski definition) is 4. The van der Waals surface area contributed by atoms with E-state index in [-0.39, 0.29) is 12.0 Å². The molecule has 2 aliphatic heterocycles. The van der Waals surface area contributed by atoms with E-state index in [1.807, 2.05) is 0 Å². The molecule has 2 aromatic rings. The number of para-hydroxylation sites is 1. The fourth-order valence-corrected chi connectivity index (χ4v) is 5.79. The first-order chi connectivity index (χ1) is 15.7. The zero-order valence-electron chi connectivity index (χ0n) is 19.4. The summed E-state index contributed by atoms with van der Waals surface area (Å²) in [6, 6.07) is 15.1. The predicted molar refractivity (Wildman–Crippen MR) is 130 cm³/mol. The zero-order chi connectivity index (χ0) is 21.9. The summed E-state index contributed by atoms with van der Waals surface area (Å²) in [6.45, 7) is 7.07. The number of benzene rings is 1. The smallest absolute Gasteiger partial charge is 0.230 e. The third-order valence-electron chi connectivity index (χ3n) is 7.59. The second-order valence-corrected chi connectivity index (χ2v) is 9.79.